The predicted molar refractivity (Wildman–Crippen MR) is 227 cm³/mol. The number of esters is 1. The maximum atomic E-state index is 11.3. The number of anilines is 2. The summed E-state index contributed by atoms with van der Waals surface area (Å²) in [5.74, 6) is 1.36. The number of carbonyl (C=O) groups is 1. The number of hydrogen-bond acceptors (Lipinski definition) is 12. The van der Waals surface area contributed by atoms with Crippen molar-refractivity contribution in [1.82, 2.24) is 40.9 Å². The maximum absolute atomic E-state index is 11.3. The van der Waals surface area contributed by atoms with Crippen LogP contribution in [0.1, 0.15) is 102 Å². The molecular weight excluding hydrogens is 705 g/mol. The van der Waals surface area contributed by atoms with E-state index < -0.39 is 0 Å². The van der Waals surface area contributed by atoms with Gasteiger partial charge in [-0.2, -0.15) is 4.98 Å². The summed E-state index contributed by atoms with van der Waals surface area (Å²) < 4.78 is 6.98. The van der Waals surface area contributed by atoms with Crippen LogP contribution >= 0.6 is 0 Å². The number of piperidine rings is 1. The number of nitrogens with zero attached hydrogens (tertiary/aromatic N) is 5. The standard InChI is InChI=1S/C28H44N10.C13H16O3.C2H6/c1-2-8-22(9-3-1)31-16-6-14-29-15-7-19-38-21-24(36-37-38)20-32-28-34-26-11-5-4-10-25(26)27(35-28)33-23-12-17-30-18-13-23;1-11(14)6-5-9-13(15)16-10-12-7-3-2-4-8-12;1-2/h4-5,10-11,21-23,29-31H,1-3,6-9,12-20H2,(H2,32,33,34,35);2-4,7-8,14H,1,5-6,9-10H2;1-2H3. The molecule has 3 heterocycles. The third kappa shape index (κ3) is 17.1. The second-order valence-electron chi connectivity index (χ2n) is 14.2. The number of fused-ring (bicyclic) bond motifs is 1. The number of aliphatic hydroxyl groups excluding tert-OH is 1. The van der Waals surface area contributed by atoms with Crippen LogP contribution in [0.2, 0.25) is 0 Å². The van der Waals surface area contributed by atoms with Crippen molar-refractivity contribution in [3.8, 4) is 0 Å². The molecule has 2 aliphatic rings. The largest absolute Gasteiger partial charge is 0.513 e. The molecule has 13 heteroatoms. The van der Waals surface area contributed by atoms with Crippen LogP contribution in [0, 0.1) is 0 Å². The average Bonchev–Trinajstić information content (AvgIpc) is 3.70. The van der Waals surface area contributed by atoms with E-state index in [0.717, 1.165) is 92.6 Å². The zero-order chi connectivity index (χ0) is 39.6. The van der Waals surface area contributed by atoms with E-state index in [1.807, 2.05) is 73.3 Å². The SMILES string of the molecule is C=C(O)CCCC(=O)OCc1ccccc1.CC.c1ccc2c(NC3CCNCC3)nc(NCc3cn(CCCNCCCNC4CCCCC4)nn3)nc2c1. The van der Waals surface area contributed by atoms with E-state index in [1.165, 1.54) is 38.5 Å². The Morgan fingerprint density at radius 3 is 2.43 bits per heavy atom. The van der Waals surface area contributed by atoms with E-state index in [-0.39, 0.29) is 11.7 Å². The lowest BCUT2D eigenvalue weighted by molar-refractivity contribution is -0.145. The van der Waals surface area contributed by atoms with Gasteiger partial charge in [0.25, 0.3) is 0 Å². The van der Waals surface area contributed by atoms with Crippen LogP contribution in [0.5, 0.6) is 0 Å². The first kappa shape index (κ1) is 44.1. The van der Waals surface area contributed by atoms with Gasteiger partial charge in [0, 0.05) is 36.9 Å². The Morgan fingerprint density at radius 2 is 1.64 bits per heavy atom. The van der Waals surface area contributed by atoms with Gasteiger partial charge in [0.15, 0.2) is 0 Å². The van der Waals surface area contributed by atoms with Gasteiger partial charge in [0.1, 0.15) is 18.1 Å². The third-order valence-electron chi connectivity index (χ3n) is 9.70. The summed E-state index contributed by atoms with van der Waals surface area (Å²) >= 11 is 0. The number of aryl methyl sites for hydroxylation is 1. The molecule has 0 atom stereocenters. The molecule has 0 spiro atoms. The molecule has 1 aliphatic heterocycles. The van der Waals surface area contributed by atoms with Gasteiger partial charge >= 0.3 is 5.97 Å². The molecule has 2 fully saturated rings. The van der Waals surface area contributed by atoms with E-state index >= 15 is 0 Å². The van der Waals surface area contributed by atoms with Gasteiger partial charge in [0.2, 0.25) is 5.95 Å². The minimum absolute atomic E-state index is 0.107. The third-order valence-corrected chi connectivity index (χ3v) is 9.70. The van der Waals surface area contributed by atoms with Crippen LogP contribution in [0.4, 0.5) is 11.8 Å². The Kier molecular flexibility index (Phi) is 20.7. The van der Waals surface area contributed by atoms with Gasteiger partial charge in [-0.1, -0.05) is 87.4 Å². The Bertz CT molecular complexity index is 1670. The van der Waals surface area contributed by atoms with Crippen LogP contribution in [-0.2, 0) is 29.2 Å². The number of nitrogens with one attached hydrogen (secondary N) is 5. The van der Waals surface area contributed by atoms with E-state index in [9.17, 15) is 4.79 Å². The Hall–Kier alpha value is -4.59. The van der Waals surface area contributed by atoms with E-state index in [0.29, 0.717) is 44.4 Å². The molecular formula is C43H66N10O3. The molecule has 1 saturated heterocycles. The molecule has 13 nitrogen and oxygen atoms in total. The highest BCUT2D eigenvalue weighted by atomic mass is 16.5. The summed E-state index contributed by atoms with van der Waals surface area (Å²) in [5.41, 5.74) is 2.79. The summed E-state index contributed by atoms with van der Waals surface area (Å²) in [6.07, 6.45) is 14.7. The number of allylic oxidation sites excluding steroid dienone is 1. The number of benzene rings is 2. The molecule has 6 rings (SSSR count). The predicted octanol–water partition coefficient (Wildman–Crippen LogP) is 7.29. The number of aliphatic hydroxyl groups is 1. The Labute approximate surface area is 333 Å². The zero-order valence-electron chi connectivity index (χ0n) is 33.8. The van der Waals surface area contributed by atoms with Gasteiger partial charge in [-0.3, -0.25) is 9.48 Å². The van der Waals surface area contributed by atoms with Crippen molar-refractivity contribution in [3.63, 3.8) is 0 Å². The second kappa shape index (κ2) is 26.3. The Balaban J connectivity index is 0.000000325. The summed E-state index contributed by atoms with van der Waals surface area (Å²) in [6, 6.07) is 18.9. The number of aromatic nitrogens is 5. The number of para-hydroxylation sites is 1. The second-order valence-corrected chi connectivity index (χ2v) is 14.2. The average molecular weight is 771 g/mol. The summed E-state index contributed by atoms with van der Waals surface area (Å²) in [5, 5.41) is 36.2. The lowest BCUT2D eigenvalue weighted by atomic mass is 9.95. The highest BCUT2D eigenvalue weighted by Crippen LogP contribution is 2.24. The number of carbonyl (C=O) groups excluding carboxylic acids is 1. The maximum Gasteiger partial charge on any atom is 0.306 e. The molecule has 1 aliphatic carbocycles. The molecule has 306 valence electrons. The van der Waals surface area contributed by atoms with Gasteiger partial charge in [0.05, 0.1) is 24.0 Å². The van der Waals surface area contributed by atoms with E-state index in [4.69, 9.17) is 19.8 Å². The normalized spacial score (nSPS) is 14.5. The topological polar surface area (TPSA) is 163 Å². The monoisotopic (exact) mass is 771 g/mol. The number of hydrogen-bond donors (Lipinski definition) is 6. The van der Waals surface area contributed by atoms with Gasteiger partial charge in [-0.05, 0) is 95.4 Å². The molecule has 6 N–H and O–H groups in total. The van der Waals surface area contributed by atoms with Gasteiger partial charge in [-0.15, -0.1) is 5.10 Å². The van der Waals surface area contributed by atoms with Crippen LogP contribution in [-0.4, -0.2) is 80.8 Å². The first-order valence-corrected chi connectivity index (χ1v) is 20.9. The Morgan fingerprint density at radius 1 is 0.893 bits per heavy atom. The van der Waals surface area contributed by atoms with Crippen LogP contribution in [0.15, 0.2) is 73.1 Å². The lowest BCUT2D eigenvalue weighted by Crippen LogP contribution is -2.35. The van der Waals surface area contributed by atoms with E-state index in [2.05, 4.69) is 49.5 Å². The van der Waals surface area contributed by atoms with Crippen molar-refractivity contribution < 1.29 is 14.6 Å². The molecule has 4 aromatic rings. The quantitative estimate of drug-likeness (QED) is 0.0303. The molecule has 2 aromatic carbocycles. The zero-order valence-corrected chi connectivity index (χ0v) is 33.8. The van der Waals surface area contributed by atoms with Gasteiger partial charge < -0.3 is 36.4 Å². The molecule has 0 radical (unpaired) electrons. The fourth-order valence-electron chi connectivity index (χ4n) is 6.69. The highest BCUT2D eigenvalue weighted by Gasteiger charge is 2.16. The minimum Gasteiger partial charge on any atom is -0.513 e. The summed E-state index contributed by atoms with van der Waals surface area (Å²) in [4.78, 5) is 20.8. The molecule has 0 bridgehead atoms. The smallest absolute Gasteiger partial charge is 0.306 e. The fraction of sp³-hybridized carbons (Fsp3) is 0.558. The molecule has 1 saturated carbocycles. The summed E-state index contributed by atoms with van der Waals surface area (Å²) in [7, 11) is 0. The van der Waals surface area contributed by atoms with Crippen LogP contribution in [0.25, 0.3) is 10.9 Å². The molecule has 56 heavy (non-hydrogen) atoms. The van der Waals surface area contributed by atoms with Crippen molar-refractivity contribution >= 4 is 28.6 Å². The summed E-state index contributed by atoms with van der Waals surface area (Å²) in [6.45, 7) is 14.3. The molecule has 0 unspecified atom stereocenters. The van der Waals surface area contributed by atoms with Crippen molar-refractivity contribution in [2.24, 2.45) is 0 Å². The first-order valence-electron chi connectivity index (χ1n) is 20.9. The van der Waals surface area contributed by atoms with Crippen molar-refractivity contribution in [2.45, 2.75) is 123 Å². The van der Waals surface area contributed by atoms with Gasteiger partial charge in [-0.25, -0.2) is 4.98 Å². The first-order chi connectivity index (χ1) is 27.5. The van der Waals surface area contributed by atoms with Crippen LogP contribution < -0.4 is 26.6 Å². The molecule has 2 aromatic heterocycles. The van der Waals surface area contributed by atoms with E-state index in [1.54, 1.807) is 0 Å². The van der Waals surface area contributed by atoms with Crippen molar-refractivity contribution in [1.29, 1.82) is 0 Å². The van der Waals surface area contributed by atoms with Crippen molar-refractivity contribution in [3.05, 3.63) is 84.4 Å². The lowest BCUT2D eigenvalue weighted by Gasteiger charge is -2.25. The fourth-order valence-corrected chi connectivity index (χ4v) is 6.69. The molecule has 0 amide bonds. The van der Waals surface area contributed by atoms with Crippen molar-refractivity contribution in [2.75, 3.05) is 43.4 Å². The number of rotatable bonds is 20. The highest BCUT2D eigenvalue weighted by molar-refractivity contribution is 5.90. The number of ether oxygens (including phenoxy) is 1. The minimum atomic E-state index is -0.245. The van der Waals surface area contributed by atoms with Crippen LogP contribution in [0.3, 0.4) is 0 Å².